The first-order valence-corrected chi connectivity index (χ1v) is 15.6. The summed E-state index contributed by atoms with van der Waals surface area (Å²) in [7, 11) is 0. The van der Waals surface area contributed by atoms with E-state index < -0.39 is 6.09 Å². The molecule has 1 heterocycles. The van der Waals surface area contributed by atoms with E-state index in [9.17, 15) is 9.59 Å². The van der Waals surface area contributed by atoms with Crippen molar-refractivity contribution in [2.45, 2.75) is 89.6 Å². The third-order valence-electron chi connectivity index (χ3n) is 11.7. The van der Waals surface area contributed by atoms with Crippen LogP contribution in [-0.4, -0.2) is 24.6 Å². The van der Waals surface area contributed by atoms with E-state index in [0.717, 1.165) is 61.3 Å². The summed E-state index contributed by atoms with van der Waals surface area (Å²) in [5, 5.41) is 1.38. The van der Waals surface area contributed by atoms with Crippen molar-refractivity contribution < 1.29 is 23.9 Å². The number of aryl methyl sites for hydroxylation is 1. The van der Waals surface area contributed by atoms with Gasteiger partial charge in [-0.1, -0.05) is 13.0 Å². The van der Waals surface area contributed by atoms with Crippen LogP contribution in [0.25, 0.3) is 0 Å². The minimum atomic E-state index is -0.449. The van der Waals surface area contributed by atoms with Gasteiger partial charge in [0.2, 0.25) is 0 Å². The summed E-state index contributed by atoms with van der Waals surface area (Å²) in [4.78, 5) is 31.9. The molecule has 6 nitrogen and oxygen atoms in total. The Morgan fingerprint density at radius 2 is 1.80 bits per heavy atom. The number of ether oxygens (including phenoxy) is 2. The van der Waals surface area contributed by atoms with Crippen LogP contribution in [0.3, 0.4) is 0 Å². The van der Waals surface area contributed by atoms with Gasteiger partial charge in [0.1, 0.15) is 17.3 Å². The van der Waals surface area contributed by atoms with Crippen LogP contribution < -0.4 is 9.80 Å². The van der Waals surface area contributed by atoms with E-state index in [1.807, 2.05) is 19.1 Å². The number of fused-ring (bicyclic) bond motifs is 12. The second-order valence-corrected chi connectivity index (χ2v) is 13.4. The van der Waals surface area contributed by atoms with Gasteiger partial charge in [0.15, 0.2) is 0 Å². The molecule has 2 aromatic rings. The largest absolute Gasteiger partial charge is 0.457 e. The molecule has 1 aliphatic heterocycles. The molecule has 2 bridgehead atoms. The lowest BCUT2D eigenvalue weighted by Crippen LogP contribution is -2.45. The van der Waals surface area contributed by atoms with Crippen molar-refractivity contribution in [2.24, 2.45) is 29.1 Å². The van der Waals surface area contributed by atoms with E-state index in [2.05, 4.69) is 31.2 Å². The highest BCUT2D eigenvalue weighted by Gasteiger charge is 2.55. The Kier molecular flexibility index (Phi) is 5.65. The lowest BCUT2D eigenvalue weighted by atomic mass is 9.55. The monoisotopic (exact) mass is 541 g/mol. The van der Waals surface area contributed by atoms with Crippen LogP contribution in [0.4, 0.5) is 10.5 Å². The molecule has 4 fully saturated rings. The number of hydrogen-bond acceptors (Lipinski definition) is 5. The topological polar surface area (TPSA) is 65.1 Å². The predicted molar refractivity (Wildman–Crippen MR) is 151 cm³/mol. The molecule has 40 heavy (non-hydrogen) atoms. The Morgan fingerprint density at radius 3 is 2.65 bits per heavy atom. The zero-order chi connectivity index (χ0) is 27.2. The first-order chi connectivity index (χ1) is 19.4. The third-order valence-corrected chi connectivity index (χ3v) is 11.7. The third kappa shape index (κ3) is 3.57. The number of rotatable bonds is 3. The lowest BCUT2D eigenvalue weighted by molar-refractivity contribution is -0.129. The average molecular weight is 542 g/mol. The molecule has 2 aromatic carbocycles. The molecule has 1 amide bonds. The molecule has 0 spiro atoms. The number of amides is 1. The van der Waals surface area contributed by atoms with Crippen LogP contribution in [0.1, 0.15) is 93.7 Å². The Balaban J connectivity index is 1.09. The van der Waals surface area contributed by atoms with Crippen molar-refractivity contribution in [3.05, 3.63) is 53.1 Å². The molecule has 210 valence electrons. The number of Topliss-reactive ketones (excluding diaryl/α,β-unsaturated/α-hetero) is 1. The molecule has 0 saturated heterocycles. The summed E-state index contributed by atoms with van der Waals surface area (Å²) >= 11 is 0. The average Bonchev–Trinajstić information content (AvgIpc) is 3.66. The number of carbonyl (C=O) groups excluding carboxylic acids is 2. The molecule has 8 rings (SSSR count). The van der Waals surface area contributed by atoms with E-state index in [1.165, 1.54) is 35.5 Å². The molecule has 0 aromatic heterocycles. The fourth-order valence-electron chi connectivity index (χ4n) is 9.89. The second kappa shape index (κ2) is 9.07. The Bertz CT molecular complexity index is 1390. The molecule has 5 aliphatic carbocycles. The molecule has 8 atom stereocenters. The predicted octanol–water partition coefficient (Wildman–Crippen LogP) is 7.69. The molecular formula is C34H39NO5. The fourth-order valence-corrected chi connectivity index (χ4v) is 9.89. The van der Waals surface area contributed by atoms with Gasteiger partial charge in [-0.05, 0) is 135 Å². The van der Waals surface area contributed by atoms with Crippen LogP contribution >= 0.6 is 0 Å². The maximum Gasteiger partial charge on any atom is 0.438 e. The first-order valence-electron chi connectivity index (χ1n) is 15.6. The Morgan fingerprint density at radius 1 is 1.00 bits per heavy atom. The lowest BCUT2D eigenvalue weighted by Gasteiger charge is -2.48. The van der Waals surface area contributed by atoms with E-state index in [0.29, 0.717) is 42.0 Å². The summed E-state index contributed by atoms with van der Waals surface area (Å²) in [5.74, 6) is 5.18. The minimum absolute atomic E-state index is 0.0195. The van der Waals surface area contributed by atoms with Crippen molar-refractivity contribution in [1.82, 2.24) is 0 Å². The van der Waals surface area contributed by atoms with Gasteiger partial charge in [-0.25, -0.2) is 4.79 Å². The van der Waals surface area contributed by atoms with Crippen molar-refractivity contribution in [3.8, 4) is 11.5 Å². The van der Waals surface area contributed by atoms with Gasteiger partial charge in [0.05, 0.1) is 18.4 Å². The van der Waals surface area contributed by atoms with Crippen LogP contribution in [-0.2, 0) is 20.8 Å². The summed E-state index contributed by atoms with van der Waals surface area (Å²) in [6.45, 7) is 4.37. The van der Waals surface area contributed by atoms with E-state index in [1.54, 1.807) is 0 Å². The first kappa shape index (κ1) is 24.9. The zero-order valence-corrected chi connectivity index (χ0v) is 23.6. The standard InChI is InChI=1S/C34H39NO5/c1-3-38-33(37)35-29-12-9-23(18-27(29)31-20-4-5-21(16-20)32(31)40-35)39-22-8-6-19-7-10-25-24(26(19)17-22)14-15-34(2)28(25)11-13-30(34)36/h6,8-9,12,17-18,20-21,24-25,28,31-32H,3-5,7,10-11,13-16H2,1-2H3/t20-,21+,24+,25-,28+,31-,32-,34+/m0/s1. The van der Waals surface area contributed by atoms with E-state index in [4.69, 9.17) is 14.3 Å². The number of ketones is 1. The highest BCUT2D eigenvalue weighted by molar-refractivity contribution is 5.88. The van der Waals surface area contributed by atoms with E-state index >= 15 is 0 Å². The number of hydrogen-bond donors (Lipinski definition) is 0. The van der Waals surface area contributed by atoms with Gasteiger partial charge in [0, 0.05) is 17.8 Å². The highest BCUT2D eigenvalue weighted by Crippen LogP contribution is 2.61. The van der Waals surface area contributed by atoms with Crippen molar-refractivity contribution in [3.63, 3.8) is 0 Å². The SMILES string of the molecule is CCOC(=O)N1O[C@H]2[C@@H]3CC[C@@H](C3)[C@H]2c2cc(Oc3ccc4c(c3)[C@@H]3CC[C@@]5(C)C(=O)CC[C@@H]5[C@H]3CC4)ccc21. The van der Waals surface area contributed by atoms with Crippen LogP contribution in [0, 0.1) is 29.1 Å². The smallest absolute Gasteiger partial charge is 0.438 e. The fraction of sp³-hybridized carbons (Fsp3) is 0.588. The molecule has 0 unspecified atom stereocenters. The summed E-state index contributed by atoms with van der Waals surface area (Å²) in [6.07, 6.45) is 9.33. The van der Waals surface area contributed by atoms with Crippen LogP contribution in [0.15, 0.2) is 36.4 Å². The van der Waals surface area contributed by atoms with Crippen molar-refractivity contribution in [1.29, 1.82) is 0 Å². The normalized spacial score (nSPS) is 36.8. The quantitative estimate of drug-likeness (QED) is 0.398. The number of nitrogens with zero attached hydrogens (tertiary/aromatic N) is 1. The minimum Gasteiger partial charge on any atom is -0.457 e. The molecule has 6 aliphatic rings. The maximum absolute atomic E-state index is 12.8. The number of carbonyl (C=O) groups is 2. The van der Waals surface area contributed by atoms with E-state index in [-0.39, 0.29) is 17.4 Å². The van der Waals surface area contributed by atoms with Gasteiger partial charge in [-0.15, -0.1) is 0 Å². The molecule has 0 radical (unpaired) electrons. The summed E-state index contributed by atoms with van der Waals surface area (Å²) in [6, 6.07) is 12.7. The van der Waals surface area contributed by atoms with Crippen molar-refractivity contribution >= 4 is 17.6 Å². The number of benzene rings is 2. The molecular weight excluding hydrogens is 502 g/mol. The van der Waals surface area contributed by atoms with Gasteiger partial charge < -0.3 is 9.47 Å². The van der Waals surface area contributed by atoms with Gasteiger partial charge >= 0.3 is 6.09 Å². The van der Waals surface area contributed by atoms with Gasteiger partial charge in [-0.2, -0.15) is 5.06 Å². The highest BCUT2D eigenvalue weighted by atomic mass is 16.7. The number of anilines is 1. The molecule has 4 saturated carbocycles. The van der Waals surface area contributed by atoms with Crippen molar-refractivity contribution in [2.75, 3.05) is 11.7 Å². The Labute approximate surface area is 236 Å². The number of hydroxylamine groups is 1. The van der Waals surface area contributed by atoms with Gasteiger partial charge in [0.25, 0.3) is 0 Å². The van der Waals surface area contributed by atoms with Crippen LogP contribution in [0.2, 0.25) is 0 Å². The Hall–Kier alpha value is -2.86. The summed E-state index contributed by atoms with van der Waals surface area (Å²) in [5.41, 5.74) is 4.70. The van der Waals surface area contributed by atoms with Crippen LogP contribution in [0.5, 0.6) is 11.5 Å². The molecule has 6 heteroatoms. The zero-order valence-electron chi connectivity index (χ0n) is 23.6. The maximum atomic E-state index is 12.8. The second-order valence-electron chi connectivity index (χ2n) is 13.4. The molecule has 0 N–H and O–H groups in total. The van der Waals surface area contributed by atoms with Gasteiger partial charge in [-0.3, -0.25) is 9.63 Å². The summed E-state index contributed by atoms with van der Waals surface area (Å²) < 4.78 is 11.9.